The fraction of sp³-hybridized carbons (Fsp3) is 0.125. The number of fused-ring (bicyclic) bond motifs is 2. The Morgan fingerprint density at radius 1 is 0.815 bits per heavy atom. The van der Waals surface area contributed by atoms with Crippen molar-refractivity contribution in [3.8, 4) is 5.75 Å². The van der Waals surface area contributed by atoms with Crippen molar-refractivity contribution in [1.82, 2.24) is 5.32 Å². The molecule has 134 valence electrons. The molecular weight excluding hydrogens is 334 g/mol. The van der Waals surface area contributed by atoms with Gasteiger partial charge in [0.2, 0.25) is 0 Å². The lowest BCUT2D eigenvalue weighted by Gasteiger charge is -2.16. The summed E-state index contributed by atoms with van der Waals surface area (Å²) in [5, 5.41) is 7.43. The minimum atomic E-state index is -0.578. The fourth-order valence-electron chi connectivity index (χ4n) is 3.32. The van der Waals surface area contributed by atoms with E-state index >= 15 is 0 Å². The van der Waals surface area contributed by atoms with Crippen molar-refractivity contribution in [2.75, 3.05) is 0 Å². The molecule has 0 heterocycles. The smallest absolute Gasteiger partial charge is 0.261 e. The summed E-state index contributed by atoms with van der Waals surface area (Å²) in [6.45, 7) is 2.25. The SMILES string of the molecule is C[C@H](Oc1cccc2ccccc12)C(=O)NCc1cccc2ccccc12. The molecule has 0 saturated carbocycles. The van der Waals surface area contributed by atoms with Crippen molar-refractivity contribution in [3.63, 3.8) is 0 Å². The Labute approximate surface area is 158 Å². The van der Waals surface area contributed by atoms with Gasteiger partial charge in [0.05, 0.1) is 0 Å². The van der Waals surface area contributed by atoms with E-state index in [1.54, 1.807) is 6.92 Å². The zero-order valence-corrected chi connectivity index (χ0v) is 15.2. The number of nitrogens with one attached hydrogen (secondary N) is 1. The van der Waals surface area contributed by atoms with E-state index in [0.717, 1.165) is 27.5 Å². The molecule has 0 unspecified atom stereocenters. The van der Waals surface area contributed by atoms with Gasteiger partial charge in [-0.3, -0.25) is 4.79 Å². The van der Waals surface area contributed by atoms with Crippen molar-refractivity contribution in [2.24, 2.45) is 0 Å². The van der Waals surface area contributed by atoms with Gasteiger partial charge in [-0.25, -0.2) is 0 Å². The second-order valence-corrected chi connectivity index (χ2v) is 6.59. The number of hydrogen-bond acceptors (Lipinski definition) is 2. The average molecular weight is 355 g/mol. The number of carbonyl (C=O) groups is 1. The van der Waals surface area contributed by atoms with Crippen molar-refractivity contribution in [1.29, 1.82) is 0 Å². The highest BCUT2D eigenvalue weighted by Crippen LogP contribution is 2.26. The molecule has 4 aromatic carbocycles. The zero-order valence-electron chi connectivity index (χ0n) is 15.2. The molecule has 1 amide bonds. The van der Waals surface area contributed by atoms with Crippen LogP contribution in [0, 0.1) is 0 Å². The molecule has 1 N–H and O–H groups in total. The molecule has 0 aromatic heterocycles. The van der Waals surface area contributed by atoms with Gasteiger partial charge in [0.1, 0.15) is 5.75 Å². The summed E-state index contributed by atoms with van der Waals surface area (Å²) < 4.78 is 5.95. The number of ether oxygens (including phenoxy) is 1. The quantitative estimate of drug-likeness (QED) is 0.542. The number of amides is 1. The molecule has 0 aliphatic rings. The van der Waals surface area contributed by atoms with Gasteiger partial charge >= 0.3 is 0 Å². The summed E-state index contributed by atoms with van der Waals surface area (Å²) in [5.74, 6) is 0.594. The standard InChI is InChI=1S/C24H21NO2/c1-17(27-23-15-7-11-19-9-3-5-14-22(19)23)24(26)25-16-20-12-6-10-18-8-2-4-13-21(18)20/h2-15,17H,16H2,1H3,(H,25,26)/t17-/m0/s1. The van der Waals surface area contributed by atoms with Gasteiger partial charge in [-0.15, -0.1) is 0 Å². The zero-order chi connectivity index (χ0) is 18.6. The summed E-state index contributed by atoms with van der Waals surface area (Å²) in [4.78, 5) is 12.6. The minimum absolute atomic E-state index is 0.129. The van der Waals surface area contributed by atoms with Crippen LogP contribution in [0.1, 0.15) is 12.5 Å². The summed E-state index contributed by atoms with van der Waals surface area (Å²) in [6, 6.07) is 28.2. The van der Waals surface area contributed by atoms with Crippen LogP contribution in [0.25, 0.3) is 21.5 Å². The van der Waals surface area contributed by atoms with Crippen LogP contribution in [0.4, 0.5) is 0 Å². The number of carbonyl (C=O) groups excluding carboxylic acids is 1. The normalized spacial score (nSPS) is 12.0. The molecule has 4 rings (SSSR count). The van der Waals surface area contributed by atoms with Gasteiger partial charge in [-0.05, 0) is 34.7 Å². The first-order valence-electron chi connectivity index (χ1n) is 9.11. The summed E-state index contributed by atoms with van der Waals surface area (Å²) >= 11 is 0. The molecule has 0 spiro atoms. The molecule has 1 atom stereocenters. The van der Waals surface area contributed by atoms with Crippen LogP contribution in [0.2, 0.25) is 0 Å². The Morgan fingerprint density at radius 2 is 1.41 bits per heavy atom. The van der Waals surface area contributed by atoms with E-state index < -0.39 is 6.10 Å². The summed E-state index contributed by atoms with van der Waals surface area (Å²) in [6.07, 6.45) is -0.578. The average Bonchev–Trinajstić information content (AvgIpc) is 2.72. The van der Waals surface area contributed by atoms with E-state index in [2.05, 4.69) is 23.5 Å². The maximum Gasteiger partial charge on any atom is 0.261 e. The predicted molar refractivity (Wildman–Crippen MR) is 110 cm³/mol. The Balaban J connectivity index is 1.46. The molecule has 4 aromatic rings. The van der Waals surface area contributed by atoms with Crippen LogP contribution < -0.4 is 10.1 Å². The second-order valence-electron chi connectivity index (χ2n) is 6.59. The number of hydrogen-bond donors (Lipinski definition) is 1. The number of rotatable bonds is 5. The van der Waals surface area contributed by atoms with Crippen LogP contribution >= 0.6 is 0 Å². The van der Waals surface area contributed by atoms with Crippen LogP contribution in [-0.2, 0) is 11.3 Å². The Kier molecular flexibility index (Phi) is 4.75. The molecule has 3 heteroatoms. The van der Waals surface area contributed by atoms with Crippen LogP contribution in [0.3, 0.4) is 0 Å². The summed E-state index contributed by atoms with van der Waals surface area (Å²) in [7, 11) is 0. The molecule has 0 aliphatic heterocycles. The first-order valence-corrected chi connectivity index (χ1v) is 9.11. The van der Waals surface area contributed by atoms with Gasteiger partial charge in [-0.2, -0.15) is 0 Å². The summed E-state index contributed by atoms with van der Waals surface area (Å²) in [5.41, 5.74) is 1.10. The maximum atomic E-state index is 12.6. The fourth-order valence-corrected chi connectivity index (χ4v) is 3.32. The third kappa shape index (κ3) is 3.63. The molecule has 27 heavy (non-hydrogen) atoms. The van der Waals surface area contributed by atoms with E-state index in [1.807, 2.05) is 66.7 Å². The van der Waals surface area contributed by atoms with Crippen molar-refractivity contribution < 1.29 is 9.53 Å². The Morgan fingerprint density at radius 3 is 2.19 bits per heavy atom. The molecule has 0 fully saturated rings. The van der Waals surface area contributed by atoms with Gasteiger partial charge in [0, 0.05) is 11.9 Å². The predicted octanol–water partition coefficient (Wildman–Crippen LogP) is 5.08. The van der Waals surface area contributed by atoms with E-state index in [4.69, 9.17) is 4.74 Å². The van der Waals surface area contributed by atoms with Gasteiger partial charge in [-0.1, -0.05) is 78.9 Å². The molecule has 0 saturated heterocycles. The lowest BCUT2D eigenvalue weighted by atomic mass is 10.0. The first kappa shape index (κ1) is 17.1. The van der Waals surface area contributed by atoms with Gasteiger partial charge in [0.15, 0.2) is 6.10 Å². The maximum absolute atomic E-state index is 12.6. The molecular formula is C24H21NO2. The highest BCUT2D eigenvalue weighted by Gasteiger charge is 2.16. The third-order valence-electron chi connectivity index (χ3n) is 4.76. The van der Waals surface area contributed by atoms with E-state index in [-0.39, 0.29) is 5.91 Å². The minimum Gasteiger partial charge on any atom is -0.480 e. The van der Waals surface area contributed by atoms with Crippen molar-refractivity contribution >= 4 is 27.5 Å². The lowest BCUT2D eigenvalue weighted by molar-refractivity contribution is -0.127. The monoisotopic (exact) mass is 355 g/mol. The van der Waals surface area contributed by atoms with Crippen molar-refractivity contribution in [3.05, 3.63) is 90.5 Å². The van der Waals surface area contributed by atoms with Crippen molar-refractivity contribution in [2.45, 2.75) is 19.6 Å². The lowest BCUT2D eigenvalue weighted by Crippen LogP contribution is -2.36. The molecule has 0 radical (unpaired) electrons. The highest BCUT2D eigenvalue weighted by atomic mass is 16.5. The van der Waals surface area contributed by atoms with Crippen LogP contribution in [-0.4, -0.2) is 12.0 Å². The second kappa shape index (κ2) is 7.50. The van der Waals surface area contributed by atoms with Gasteiger partial charge < -0.3 is 10.1 Å². The van der Waals surface area contributed by atoms with E-state index in [9.17, 15) is 4.79 Å². The highest BCUT2D eigenvalue weighted by molar-refractivity contribution is 5.89. The number of benzene rings is 4. The largest absolute Gasteiger partial charge is 0.480 e. The Hall–Kier alpha value is -3.33. The molecule has 0 aliphatic carbocycles. The van der Waals surface area contributed by atoms with Crippen LogP contribution in [0.15, 0.2) is 84.9 Å². The Bertz CT molecular complexity index is 1090. The van der Waals surface area contributed by atoms with Crippen LogP contribution in [0.5, 0.6) is 5.75 Å². The topological polar surface area (TPSA) is 38.3 Å². The molecule has 3 nitrogen and oxygen atoms in total. The third-order valence-corrected chi connectivity index (χ3v) is 4.76. The first-order chi connectivity index (χ1) is 13.2. The molecule has 0 bridgehead atoms. The van der Waals surface area contributed by atoms with Gasteiger partial charge in [0.25, 0.3) is 5.91 Å². The van der Waals surface area contributed by atoms with E-state index in [0.29, 0.717) is 6.54 Å². The van der Waals surface area contributed by atoms with E-state index in [1.165, 1.54) is 5.39 Å².